The predicted octanol–water partition coefficient (Wildman–Crippen LogP) is -0.304. The van der Waals surface area contributed by atoms with Gasteiger partial charge in [-0.05, 0) is 47.0 Å². The lowest BCUT2D eigenvalue weighted by molar-refractivity contribution is -0.134. The third-order valence-electron chi connectivity index (χ3n) is 7.64. The minimum atomic E-state index is -1.28. The second-order valence-electron chi connectivity index (χ2n) is 11.2. The highest BCUT2D eigenvalue weighted by Crippen LogP contribution is 2.20. The summed E-state index contributed by atoms with van der Waals surface area (Å²) in [7, 11) is 0. The largest absolute Gasteiger partial charge is 0.508 e. The molecule has 0 unspecified atom stereocenters. The number of rotatable bonds is 16. The summed E-state index contributed by atoms with van der Waals surface area (Å²) < 4.78 is 0. The Bertz CT molecular complexity index is 1720. The number of carbonyl (C=O) groups excluding carboxylic acids is 5. The van der Waals surface area contributed by atoms with Crippen LogP contribution in [0.4, 0.5) is 0 Å². The first kappa shape index (κ1) is 35.1. The van der Waals surface area contributed by atoms with Crippen molar-refractivity contribution < 1.29 is 39.3 Å². The number of aliphatic hydroxyl groups excluding tert-OH is 1. The Morgan fingerprint density at radius 2 is 1.21 bits per heavy atom. The van der Waals surface area contributed by atoms with Crippen LogP contribution in [-0.2, 0) is 43.2 Å². The van der Waals surface area contributed by atoms with Gasteiger partial charge < -0.3 is 52.1 Å². The zero-order valence-electron chi connectivity index (χ0n) is 25.9. The fourth-order valence-electron chi connectivity index (χ4n) is 5.09. The molecule has 0 spiro atoms. The predicted molar refractivity (Wildman–Crippen MR) is 176 cm³/mol. The van der Waals surface area contributed by atoms with Crippen LogP contribution in [0.5, 0.6) is 11.5 Å². The van der Waals surface area contributed by atoms with Crippen LogP contribution in [0, 0.1) is 0 Å². The van der Waals surface area contributed by atoms with Gasteiger partial charge in [0.1, 0.15) is 42.0 Å². The molecule has 0 aliphatic heterocycles. The van der Waals surface area contributed by atoms with Crippen molar-refractivity contribution in [3.63, 3.8) is 0 Å². The molecule has 252 valence electrons. The molecule has 4 amide bonds. The fourth-order valence-corrected chi connectivity index (χ4v) is 5.09. The number of nitrogens with one attached hydrogen (secondary N) is 5. The maximum atomic E-state index is 14.0. The molecule has 0 aliphatic rings. The Labute approximate surface area is 275 Å². The Morgan fingerprint density at radius 1 is 0.708 bits per heavy atom. The number of aromatic amines is 1. The molecule has 3 aromatic carbocycles. The van der Waals surface area contributed by atoms with E-state index in [1.807, 2.05) is 24.3 Å². The van der Waals surface area contributed by atoms with E-state index < -0.39 is 60.9 Å². The Hall–Kier alpha value is -5.73. The van der Waals surface area contributed by atoms with Gasteiger partial charge in [-0.3, -0.25) is 19.2 Å². The summed E-state index contributed by atoms with van der Waals surface area (Å²) in [6, 6.07) is 14.5. The average molecular weight is 659 g/mol. The molecule has 0 aliphatic carbocycles. The number of carbonyl (C=O) groups is 5. The van der Waals surface area contributed by atoms with Crippen molar-refractivity contribution in [3.8, 4) is 11.5 Å². The number of fused-ring (bicyclic) bond motifs is 1. The van der Waals surface area contributed by atoms with Gasteiger partial charge in [0.25, 0.3) is 0 Å². The SMILES string of the molecule is NCC(=O)N[C@@H](Cc1ccc(O)cc1)C(=O)N[C@@H](Cc1ccc(O)cc1)C(=O)N[C@@H](Cc1c[nH]c2ccccc12)C(=O)N[C@H](C=O)CO. The van der Waals surface area contributed by atoms with E-state index in [4.69, 9.17) is 5.73 Å². The lowest BCUT2D eigenvalue weighted by atomic mass is 10.0. The molecule has 0 radical (unpaired) electrons. The number of aldehydes is 1. The van der Waals surface area contributed by atoms with Crippen LogP contribution in [-0.4, -0.2) is 87.5 Å². The summed E-state index contributed by atoms with van der Waals surface area (Å²) in [6.45, 7) is -1.05. The molecule has 0 fully saturated rings. The van der Waals surface area contributed by atoms with E-state index in [0.29, 0.717) is 23.0 Å². The minimum absolute atomic E-state index is 0.00520. The molecular weight excluding hydrogens is 620 g/mol. The number of nitrogens with two attached hydrogens (primary N) is 1. The van der Waals surface area contributed by atoms with Crippen LogP contribution in [0.25, 0.3) is 10.9 Å². The molecule has 1 aromatic heterocycles. The van der Waals surface area contributed by atoms with Crippen molar-refractivity contribution >= 4 is 40.8 Å². The molecule has 0 saturated carbocycles. The number of aromatic nitrogens is 1. The number of aromatic hydroxyl groups is 2. The normalized spacial score (nSPS) is 13.5. The smallest absolute Gasteiger partial charge is 0.243 e. The number of hydrogen-bond acceptors (Lipinski definition) is 9. The van der Waals surface area contributed by atoms with Crippen LogP contribution in [0.15, 0.2) is 79.0 Å². The van der Waals surface area contributed by atoms with Crippen LogP contribution >= 0.6 is 0 Å². The van der Waals surface area contributed by atoms with Gasteiger partial charge in [0.2, 0.25) is 23.6 Å². The summed E-state index contributed by atoms with van der Waals surface area (Å²) in [6.07, 6.45) is 2.01. The molecule has 4 atom stereocenters. The number of H-pyrrole nitrogens is 1. The van der Waals surface area contributed by atoms with Crippen LogP contribution < -0.4 is 27.0 Å². The average Bonchev–Trinajstić information content (AvgIpc) is 3.50. The fraction of sp³-hybridized carbons (Fsp3) is 0.265. The highest BCUT2D eigenvalue weighted by Gasteiger charge is 2.31. The summed E-state index contributed by atoms with van der Waals surface area (Å²) in [4.78, 5) is 67.8. The van der Waals surface area contributed by atoms with E-state index in [1.54, 1.807) is 30.5 Å². The second kappa shape index (κ2) is 16.7. The molecule has 10 N–H and O–H groups in total. The lowest BCUT2D eigenvalue weighted by Crippen LogP contribution is -2.59. The maximum absolute atomic E-state index is 14.0. The number of amides is 4. The quantitative estimate of drug-likeness (QED) is 0.0718. The number of benzene rings is 3. The van der Waals surface area contributed by atoms with E-state index in [0.717, 1.165) is 10.9 Å². The van der Waals surface area contributed by atoms with E-state index in [1.165, 1.54) is 24.3 Å². The van der Waals surface area contributed by atoms with E-state index in [2.05, 4.69) is 26.3 Å². The monoisotopic (exact) mass is 658 g/mol. The molecule has 0 bridgehead atoms. The first-order valence-electron chi connectivity index (χ1n) is 15.2. The summed E-state index contributed by atoms with van der Waals surface area (Å²) >= 11 is 0. The van der Waals surface area contributed by atoms with Crippen LogP contribution in [0.3, 0.4) is 0 Å². The number of phenols is 2. The molecule has 14 heteroatoms. The standard InChI is InChI=1S/C34H38N6O8/c35-16-31(45)38-28(13-20-5-9-24(43)10-6-20)33(47)39-29(14-21-7-11-25(44)12-8-21)34(48)40-30(32(46)37-23(18-41)19-42)15-22-17-36-27-4-2-1-3-26(22)27/h1-12,17-18,23,28-30,36,42-44H,13-16,19,35H2,(H,37,46)(H,38,45)(H,39,47)(H,40,48)/t23-,28+,29+,30+/m1/s1. The highest BCUT2D eigenvalue weighted by molar-refractivity contribution is 5.95. The first-order chi connectivity index (χ1) is 23.1. The molecule has 0 saturated heterocycles. The summed E-state index contributed by atoms with van der Waals surface area (Å²) in [5.74, 6) is -2.82. The van der Waals surface area contributed by atoms with E-state index >= 15 is 0 Å². The van der Waals surface area contributed by atoms with Gasteiger partial charge in [0, 0.05) is 36.4 Å². The Morgan fingerprint density at radius 3 is 1.73 bits per heavy atom. The van der Waals surface area contributed by atoms with Crippen molar-refractivity contribution in [2.24, 2.45) is 5.73 Å². The first-order valence-corrected chi connectivity index (χ1v) is 15.2. The van der Waals surface area contributed by atoms with Gasteiger partial charge in [-0.15, -0.1) is 0 Å². The zero-order chi connectivity index (χ0) is 34.6. The van der Waals surface area contributed by atoms with Crippen molar-refractivity contribution in [3.05, 3.63) is 95.7 Å². The van der Waals surface area contributed by atoms with Crippen LogP contribution in [0.2, 0.25) is 0 Å². The molecule has 14 nitrogen and oxygen atoms in total. The lowest BCUT2D eigenvalue weighted by Gasteiger charge is -2.26. The van der Waals surface area contributed by atoms with Gasteiger partial charge >= 0.3 is 0 Å². The van der Waals surface area contributed by atoms with Gasteiger partial charge in [-0.25, -0.2) is 0 Å². The molecule has 4 rings (SSSR count). The minimum Gasteiger partial charge on any atom is -0.508 e. The topological polar surface area (TPSA) is 236 Å². The number of aliphatic hydroxyl groups is 1. The summed E-state index contributed by atoms with van der Waals surface area (Å²) in [5.41, 5.74) is 8.15. The molecular formula is C34H38N6O8. The molecule has 1 heterocycles. The zero-order valence-corrected chi connectivity index (χ0v) is 25.9. The third-order valence-corrected chi connectivity index (χ3v) is 7.64. The summed E-state index contributed by atoms with van der Waals surface area (Å²) in [5, 5.41) is 40.1. The highest BCUT2D eigenvalue weighted by atomic mass is 16.3. The van der Waals surface area contributed by atoms with Crippen molar-refractivity contribution in [2.45, 2.75) is 43.4 Å². The Balaban J connectivity index is 1.63. The van der Waals surface area contributed by atoms with E-state index in [9.17, 15) is 39.3 Å². The number of hydrogen-bond donors (Lipinski definition) is 9. The molecule has 48 heavy (non-hydrogen) atoms. The number of phenolic OH excluding ortho intramolecular Hbond substituents is 2. The van der Waals surface area contributed by atoms with Gasteiger partial charge in [0.15, 0.2) is 0 Å². The van der Waals surface area contributed by atoms with E-state index in [-0.39, 0.29) is 30.8 Å². The van der Waals surface area contributed by atoms with Gasteiger partial charge in [0.05, 0.1) is 13.2 Å². The maximum Gasteiger partial charge on any atom is 0.243 e. The second-order valence-corrected chi connectivity index (χ2v) is 11.2. The van der Waals surface area contributed by atoms with Crippen molar-refractivity contribution in [2.75, 3.05) is 13.2 Å². The van der Waals surface area contributed by atoms with Crippen molar-refractivity contribution in [1.29, 1.82) is 0 Å². The van der Waals surface area contributed by atoms with Crippen LogP contribution in [0.1, 0.15) is 16.7 Å². The van der Waals surface area contributed by atoms with Crippen molar-refractivity contribution in [1.82, 2.24) is 26.3 Å². The third kappa shape index (κ3) is 9.64. The number of para-hydroxylation sites is 1. The Kier molecular flexibility index (Phi) is 12.2. The van der Waals surface area contributed by atoms with Gasteiger partial charge in [-0.2, -0.15) is 0 Å². The molecule has 4 aromatic rings. The van der Waals surface area contributed by atoms with Gasteiger partial charge in [-0.1, -0.05) is 42.5 Å².